The molecule has 0 amide bonds. The van der Waals surface area contributed by atoms with Crippen molar-refractivity contribution >= 4 is 15.9 Å². The predicted molar refractivity (Wildman–Crippen MR) is 69.0 cm³/mol. The minimum absolute atomic E-state index is 0.490. The third-order valence-corrected chi connectivity index (χ3v) is 2.73. The normalized spacial score (nSPS) is 10.2. The molecule has 2 aromatic rings. The lowest BCUT2D eigenvalue weighted by atomic mass is 10.3. The second kappa shape index (κ2) is 5.75. The standard InChI is InChI=1S/C12H12BrN3O/c1-14-6-9-7-15-8-12(16-9)17-11-5-3-2-4-10(11)13/h2-5,7-8,14H,6H2,1H3. The lowest BCUT2D eigenvalue weighted by Gasteiger charge is -2.07. The second-order valence-electron chi connectivity index (χ2n) is 3.41. The Kier molecular flexibility index (Phi) is 4.06. The molecule has 0 aliphatic carbocycles. The summed E-state index contributed by atoms with van der Waals surface area (Å²) in [6, 6.07) is 7.63. The highest BCUT2D eigenvalue weighted by Gasteiger charge is 2.03. The van der Waals surface area contributed by atoms with Crippen LogP contribution in [0.25, 0.3) is 0 Å². The summed E-state index contributed by atoms with van der Waals surface area (Å²) in [5, 5.41) is 3.02. The van der Waals surface area contributed by atoms with E-state index in [0.29, 0.717) is 12.4 Å². The van der Waals surface area contributed by atoms with Gasteiger partial charge in [0.2, 0.25) is 5.88 Å². The molecule has 0 radical (unpaired) electrons. The molecule has 1 heterocycles. The number of nitrogens with one attached hydrogen (secondary N) is 1. The van der Waals surface area contributed by atoms with Gasteiger partial charge >= 0.3 is 0 Å². The summed E-state index contributed by atoms with van der Waals surface area (Å²) in [6.45, 7) is 0.667. The van der Waals surface area contributed by atoms with Crippen molar-refractivity contribution in [2.24, 2.45) is 0 Å². The average molecular weight is 294 g/mol. The van der Waals surface area contributed by atoms with E-state index in [1.54, 1.807) is 12.4 Å². The fourth-order valence-corrected chi connectivity index (χ4v) is 1.71. The van der Waals surface area contributed by atoms with Gasteiger partial charge in [-0.25, -0.2) is 4.98 Å². The molecule has 0 aliphatic heterocycles. The van der Waals surface area contributed by atoms with Crippen molar-refractivity contribution in [1.29, 1.82) is 0 Å². The average Bonchev–Trinajstić information content (AvgIpc) is 2.33. The Hall–Kier alpha value is -1.46. The minimum atomic E-state index is 0.490. The van der Waals surface area contributed by atoms with E-state index >= 15 is 0 Å². The van der Waals surface area contributed by atoms with Crippen molar-refractivity contribution in [3.05, 3.63) is 46.8 Å². The zero-order valence-electron chi connectivity index (χ0n) is 9.35. The van der Waals surface area contributed by atoms with Crippen molar-refractivity contribution in [1.82, 2.24) is 15.3 Å². The number of nitrogens with zero attached hydrogens (tertiary/aromatic N) is 2. The van der Waals surface area contributed by atoms with Gasteiger partial charge < -0.3 is 10.1 Å². The Morgan fingerprint density at radius 1 is 1.29 bits per heavy atom. The van der Waals surface area contributed by atoms with Crippen molar-refractivity contribution in [3.8, 4) is 11.6 Å². The second-order valence-corrected chi connectivity index (χ2v) is 4.27. The number of hydrogen-bond acceptors (Lipinski definition) is 4. The first kappa shape index (κ1) is 12.0. The van der Waals surface area contributed by atoms with Gasteiger partial charge in [-0.1, -0.05) is 12.1 Å². The molecule has 0 aliphatic rings. The molecule has 1 aromatic carbocycles. The summed E-state index contributed by atoms with van der Waals surface area (Å²) in [7, 11) is 1.86. The molecule has 0 fully saturated rings. The van der Waals surface area contributed by atoms with E-state index in [-0.39, 0.29) is 0 Å². The molecule has 1 aromatic heterocycles. The van der Waals surface area contributed by atoms with Crippen LogP contribution in [0.1, 0.15) is 5.69 Å². The predicted octanol–water partition coefficient (Wildman–Crippen LogP) is 2.75. The van der Waals surface area contributed by atoms with Crippen LogP contribution in [0.15, 0.2) is 41.1 Å². The van der Waals surface area contributed by atoms with E-state index in [9.17, 15) is 0 Å². The van der Waals surface area contributed by atoms with Gasteiger partial charge in [0, 0.05) is 12.7 Å². The van der Waals surface area contributed by atoms with Crippen molar-refractivity contribution in [2.45, 2.75) is 6.54 Å². The molecule has 17 heavy (non-hydrogen) atoms. The summed E-state index contributed by atoms with van der Waals surface area (Å²) >= 11 is 3.42. The van der Waals surface area contributed by atoms with Gasteiger partial charge in [0.05, 0.1) is 16.4 Å². The summed E-state index contributed by atoms with van der Waals surface area (Å²) in [5.74, 6) is 1.22. The van der Waals surface area contributed by atoms with Crippen LogP contribution in [0.3, 0.4) is 0 Å². The molecule has 0 bridgehead atoms. The topological polar surface area (TPSA) is 47.0 Å². The molecule has 5 heteroatoms. The Labute approximate surface area is 108 Å². The van der Waals surface area contributed by atoms with Gasteiger partial charge in [-0.2, -0.15) is 0 Å². The smallest absolute Gasteiger partial charge is 0.238 e. The van der Waals surface area contributed by atoms with Crippen LogP contribution < -0.4 is 10.1 Å². The lowest BCUT2D eigenvalue weighted by molar-refractivity contribution is 0.454. The van der Waals surface area contributed by atoms with Crippen LogP contribution in [0.5, 0.6) is 11.6 Å². The minimum Gasteiger partial charge on any atom is -0.436 e. The number of hydrogen-bond donors (Lipinski definition) is 1. The fraction of sp³-hybridized carbons (Fsp3) is 0.167. The zero-order chi connectivity index (χ0) is 12.1. The highest BCUT2D eigenvalue weighted by atomic mass is 79.9. The van der Waals surface area contributed by atoms with E-state index in [0.717, 1.165) is 15.9 Å². The van der Waals surface area contributed by atoms with Gasteiger partial charge in [0.1, 0.15) is 5.75 Å². The Bertz CT molecular complexity index is 505. The molecular formula is C12H12BrN3O. The molecule has 0 saturated carbocycles. The monoisotopic (exact) mass is 293 g/mol. The summed E-state index contributed by atoms with van der Waals surface area (Å²) < 4.78 is 6.54. The molecular weight excluding hydrogens is 282 g/mol. The molecule has 1 N–H and O–H groups in total. The van der Waals surface area contributed by atoms with Gasteiger partial charge in [0.25, 0.3) is 0 Å². The summed E-state index contributed by atoms with van der Waals surface area (Å²) in [4.78, 5) is 8.42. The number of benzene rings is 1. The van der Waals surface area contributed by atoms with E-state index < -0.39 is 0 Å². The number of aromatic nitrogens is 2. The number of halogens is 1. The van der Waals surface area contributed by atoms with Gasteiger partial charge in [0.15, 0.2) is 0 Å². The van der Waals surface area contributed by atoms with E-state index in [1.807, 2.05) is 31.3 Å². The molecule has 0 saturated heterocycles. The molecule has 0 spiro atoms. The van der Waals surface area contributed by atoms with Crippen LogP contribution >= 0.6 is 15.9 Å². The largest absolute Gasteiger partial charge is 0.436 e. The zero-order valence-corrected chi connectivity index (χ0v) is 10.9. The van der Waals surface area contributed by atoms with E-state index in [4.69, 9.17) is 4.74 Å². The van der Waals surface area contributed by atoms with Crippen molar-refractivity contribution in [2.75, 3.05) is 7.05 Å². The van der Waals surface area contributed by atoms with E-state index in [2.05, 4.69) is 31.2 Å². The maximum absolute atomic E-state index is 5.65. The summed E-state index contributed by atoms with van der Waals surface area (Å²) in [6.07, 6.45) is 3.31. The fourth-order valence-electron chi connectivity index (χ4n) is 1.34. The Morgan fingerprint density at radius 3 is 2.88 bits per heavy atom. The first-order valence-electron chi connectivity index (χ1n) is 5.17. The molecule has 0 atom stereocenters. The first-order valence-corrected chi connectivity index (χ1v) is 5.97. The van der Waals surface area contributed by atoms with Crippen LogP contribution in [-0.4, -0.2) is 17.0 Å². The third kappa shape index (κ3) is 3.25. The van der Waals surface area contributed by atoms with E-state index in [1.165, 1.54) is 0 Å². The molecule has 2 rings (SSSR count). The number of para-hydroxylation sites is 1. The van der Waals surface area contributed by atoms with Crippen LogP contribution in [0.2, 0.25) is 0 Å². The highest BCUT2D eigenvalue weighted by Crippen LogP contribution is 2.27. The highest BCUT2D eigenvalue weighted by molar-refractivity contribution is 9.10. The molecule has 88 valence electrons. The third-order valence-electron chi connectivity index (χ3n) is 2.07. The lowest BCUT2D eigenvalue weighted by Crippen LogP contribution is -2.07. The van der Waals surface area contributed by atoms with Crippen molar-refractivity contribution in [3.63, 3.8) is 0 Å². The molecule has 0 unspecified atom stereocenters. The Morgan fingerprint density at radius 2 is 2.12 bits per heavy atom. The first-order chi connectivity index (χ1) is 8.29. The summed E-state index contributed by atoms with van der Waals surface area (Å²) in [5.41, 5.74) is 0.844. The van der Waals surface area contributed by atoms with Gasteiger partial charge in [-0.05, 0) is 35.1 Å². The van der Waals surface area contributed by atoms with Crippen LogP contribution in [0.4, 0.5) is 0 Å². The maximum atomic E-state index is 5.65. The van der Waals surface area contributed by atoms with Crippen LogP contribution in [-0.2, 0) is 6.54 Å². The quantitative estimate of drug-likeness (QED) is 0.942. The number of rotatable bonds is 4. The Balaban J connectivity index is 2.18. The van der Waals surface area contributed by atoms with Crippen LogP contribution in [0, 0.1) is 0 Å². The maximum Gasteiger partial charge on any atom is 0.238 e. The van der Waals surface area contributed by atoms with Gasteiger partial charge in [-0.15, -0.1) is 0 Å². The molecule has 4 nitrogen and oxygen atoms in total. The number of ether oxygens (including phenoxy) is 1. The SMILES string of the molecule is CNCc1cncc(Oc2ccccc2Br)n1. The van der Waals surface area contributed by atoms with Crippen molar-refractivity contribution < 1.29 is 4.74 Å². The van der Waals surface area contributed by atoms with Gasteiger partial charge in [-0.3, -0.25) is 4.98 Å².